The van der Waals surface area contributed by atoms with Gasteiger partial charge < -0.3 is 23.9 Å². The Balaban J connectivity index is 0.00000336. The first kappa shape index (κ1) is 26.5. The molecule has 0 radical (unpaired) electrons. The van der Waals surface area contributed by atoms with Crippen LogP contribution in [0.5, 0.6) is 17.2 Å². The summed E-state index contributed by atoms with van der Waals surface area (Å²) >= 11 is 0. The van der Waals surface area contributed by atoms with Gasteiger partial charge in [-0.05, 0) is 42.8 Å². The van der Waals surface area contributed by atoms with Crippen molar-refractivity contribution in [3.05, 3.63) is 87.2 Å². The molecule has 2 heterocycles. The van der Waals surface area contributed by atoms with Gasteiger partial charge in [-0.15, -0.1) is 12.4 Å². The molecule has 11 heteroatoms. The number of allylic oxidation sites excluding steroid dienone is 1. The van der Waals surface area contributed by atoms with E-state index in [2.05, 4.69) is 16.0 Å². The summed E-state index contributed by atoms with van der Waals surface area (Å²) in [6.45, 7) is 2.57. The number of non-ortho nitro benzene ring substituents is 1. The number of hydrogen-bond donors (Lipinski definition) is 1. The topological polar surface area (TPSA) is 133 Å². The van der Waals surface area contributed by atoms with E-state index in [4.69, 9.17) is 18.9 Å². The van der Waals surface area contributed by atoms with Crippen molar-refractivity contribution in [1.29, 1.82) is 5.26 Å². The van der Waals surface area contributed by atoms with Crippen molar-refractivity contribution in [3.8, 4) is 23.3 Å². The van der Waals surface area contributed by atoms with E-state index < -0.39 is 4.92 Å². The summed E-state index contributed by atoms with van der Waals surface area (Å²) in [6.07, 6.45) is 1.72. The fraction of sp³-hybridized carbons (Fsp3) is 0.185. The van der Waals surface area contributed by atoms with Crippen molar-refractivity contribution >= 4 is 40.8 Å². The Hall–Kier alpha value is -4.59. The molecule has 0 fully saturated rings. The van der Waals surface area contributed by atoms with E-state index in [9.17, 15) is 15.4 Å². The first-order valence-corrected chi connectivity index (χ1v) is 11.5. The van der Waals surface area contributed by atoms with Crippen LogP contribution in [-0.4, -0.2) is 28.3 Å². The molecule has 38 heavy (non-hydrogen) atoms. The van der Waals surface area contributed by atoms with E-state index in [1.807, 2.05) is 31.2 Å². The molecular formula is C27H23ClN4O6. The average Bonchev–Trinajstić information content (AvgIpc) is 3.35. The van der Waals surface area contributed by atoms with Crippen LogP contribution in [0.2, 0.25) is 0 Å². The lowest BCUT2D eigenvalue weighted by Gasteiger charge is -2.21. The van der Waals surface area contributed by atoms with Gasteiger partial charge >= 0.3 is 0 Å². The van der Waals surface area contributed by atoms with Crippen LogP contribution >= 0.6 is 12.4 Å². The van der Waals surface area contributed by atoms with Gasteiger partial charge in [0.2, 0.25) is 0 Å². The molecule has 1 aromatic heterocycles. The van der Waals surface area contributed by atoms with Crippen molar-refractivity contribution in [2.24, 2.45) is 0 Å². The lowest BCUT2D eigenvalue weighted by Crippen LogP contribution is -2.14. The van der Waals surface area contributed by atoms with Crippen LogP contribution in [-0.2, 0) is 18.0 Å². The van der Waals surface area contributed by atoms with E-state index in [1.165, 1.54) is 12.1 Å². The molecule has 0 amide bonds. The summed E-state index contributed by atoms with van der Waals surface area (Å²) < 4.78 is 22.7. The Morgan fingerprint density at radius 1 is 1.21 bits per heavy atom. The van der Waals surface area contributed by atoms with Crippen LogP contribution in [0, 0.1) is 21.4 Å². The van der Waals surface area contributed by atoms with Crippen LogP contribution in [0.15, 0.2) is 54.6 Å². The molecule has 0 spiro atoms. The summed E-state index contributed by atoms with van der Waals surface area (Å²) in [5.41, 5.74) is 3.78. The van der Waals surface area contributed by atoms with Crippen LogP contribution in [0.25, 0.3) is 22.7 Å². The standard InChI is InChI=1S/C27H22N4O6.ClH/c1-2-35-25-10-17(9-18(13-28)27-29-22-5-3-4-6-23(22)30-27)7-8-24(25)36-15-20-12-21(31(32)33)11-19-14-34-16-37-26(19)20;/h3-12H,2,14-16H2,1H3,(H,29,30);1H/b18-9+;. The molecule has 0 saturated heterocycles. The second kappa shape index (κ2) is 11.6. The van der Waals surface area contributed by atoms with Crippen LogP contribution in [0.1, 0.15) is 29.4 Å². The molecule has 0 aliphatic carbocycles. The third kappa shape index (κ3) is 5.54. The number of aromatic amines is 1. The average molecular weight is 535 g/mol. The van der Waals surface area contributed by atoms with Gasteiger partial charge in [-0.1, -0.05) is 18.2 Å². The predicted molar refractivity (Wildman–Crippen MR) is 142 cm³/mol. The number of nitro benzene ring substituents is 1. The van der Waals surface area contributed by atoms with Crippen molar-refractivity contribution in [3.63, 3.8) is 0 Å². The number of rotatable bonds is 8. The summed E-state index contributed by atoms with van der Waals surface area (Å²) in [4.78, 5) is 18.6. The highest BCUT2D eigenvalue weighted by molar-refractivity contribution is 5.90. The van der Waals surface area contributed by atoms with E-state index in [0.717, 1.165) is 16.6 Å². The number of ether oxygens (including phenoxy) is 4. The third-order valence-corrected chi connectivity index (χ3v) is 5.71. The molecule has 0 atom stereocenters. The SMILES string of the molecule is CCOc1cc(/C=C(\C#N)c2nc3ccccc3[nH]2)ccc1OCc1cc([N+](=O)[O-])cc2c1OCOC2.Cl. The molecule has 1 aliphatic heterocycles. The fourth-order valence-electron chi connectivity index (χ4n) is 4.05. The van der Waals surface area contributed by atoms with Crippen molar-refractivity contribution in [2.45, 2.75) is 20.1 Å². The maximum absolute atomic E-state index is 11.4. The molecule has 194 valence electrons. The first-order chi connectivity index (χ1) is 18.1. The Bertz CT molecular complexity index is 1530. The quantitative estimate of drug-likeness (QED) is 0.170. The van der Waals surface area contributed by atoms with E-state index in [1.54, 1.807) is 24.3 Å². The molecule has 4 aromatic rings. The maximum Gasteiger partial charge on any atom is 0.270 e. The normalized spacial score (nSPS) is 12.6. The van der Waals surface area contributed by atoms with E-state index in [-0.39, 0.29) is 38.1 Å². The molecule has 0 bridgehead atoms. The molecule has 0 unspecified atom stereocenters. The highest BCUT2D eigenvalue weighted by Crippen LogP contribution is 2.35. The molecule has 1 N–H and O–H groups in total. The van der Waals surface area contributed by atoms with E-state index >= 15 is 0 Å². The lowest BCUT2D eigenvalue weighted by atomic mass is 10.1. The number of hydrogen-bond acceptors (Lipinski definition) is 8. The summed E-state index contributed by atoms with van der Waals surface area (Å²) in [7, 11) is 0. The molecule has 0 saturated carbocycles. The predicted octanol–water partition coefficient (Wildman–Crippen LogP) is 5.80. The number of nitro groups is 1. The number of imidazole rings is 1. The monoisotopic (exact) mass is 534 g/mol. The Morgan fingerprint density at radius 3 is 2.82 bits per heavy atom. The van der Waals surface area contributed by atoms with Gasteiger partial charge in [0.1, 0.15) is 24.3 Å². The zero-order chi connectivity index (χ0) is 25.8. The van der Waals surface area contributed by atoms with Gasteiger partial charge in [0.25, 0.3) is 5.69 Å². The number of nitrogens with one attached hydrogen (secondary N) is 1. The Kier molecular flexibility index (Phi) is 8.11. The molecule has 1 aliphatic rings. The van der Waals surface area contributed by atoms with Crippen molar-refractivity contribution < 1.29 is 23.9 Å². The minimum atomic E-state index is -0.458. The second-order valence-corrected chi connectivity index (χ2v) is 8.16. The molecule has 10 nitrogen and oxygen atoms in total. The van der Waals surface area contributed by atoms with Crippen LogP contribution in [0.4, 0.5) is 5.69 Å². The van der Waals surface area contributed by atoms with Crippen LogP contribution < -0.4 is 14.2 Å². The van der Waals surface area contributed by atoms with Crippen molar-refractivity contribution in [2.75, 3.05) is 13.4 Å². The number of fused-ring (bicyclic) bond motifs is 2. The number of H-pyrrole nitrogens is 1. The summed E-state index contributed by atoms with van der Waals surface area (Å²) in [5.74, 6) is 1.93. The van der Waals surface area contributed by atoms with Crippen LogP contribution in [0.3, 0.4) is 0 Å². The molecule has 5 rings (SSSR count). The highest BCUT2D eigenvalue weighted by Gasteiger charge is 2.22. The summed E-state index contributed by atoms with van der Waals surface area (Å²) in [6, 6.07) is 17.9. The first-order valence-electron chi connectivity index (χ1n) is 11.5. The van der Waals surface area contributed by atoms with Gasteiger partial charge in [0.05, 0.1) is 34.7 Å². The van der Waals surface area contributed by atoms with Gasteiger partial charge in [0.15, 0.2) is 18.3 Å². The van der Waals surface area contributed by atoms with Gasteiger partial charge in [0, 0.05) is 23.3 Å². The minimum absolute atomic E-state index is 0. The minimum Gasteiger partial charge on any atom is -0.490 e. The number of halogens is 1. The zero-order valence-corrected chi connectivity index (χ0v) is 21.1. The number of aromatic nitrogens is 2. The largest absolute Gasteiger partial charge is 0.490 e. The summed E-state index contributed by atoms with van der Waals surface area (Å²) in [5, 5.41) is 21.1. The lowest BCUT2D eigenvalue weighted by molar-refractivity contribution is -0.385. The van der Waals surface area contributed by atoms with E-state index in [0.29, 0.717) is 46.4 Å². The van der Waals surface area contributed by atoms with Gasteiger partial charge in [-0.3, -0.25) is 10.1 Å². The third-order valence-electron chi connectivity index (χ3n) is 5.71. The maximum atomic E-state index is 11.4. The molecule has 3 aromatic carbocycles. The molecular weight excluding hydrogens is 512 g/mol. The van der Waals surface area contributed by atoms with Crippen molar-refractivity contribution in [1.82, 2.24) is 9.97 Å². The fourth-order valence-corrected chi connectivity index (χ4v) is 4.05. The van der Waals surface area contributed by atoms with Gasteiger partial charge in [-0.25, -0.2) is 4.98 Å². The van der Waals surface area contributed by atoms with Gasteiger partial charge in [-0.2, -0.15) is 5.26 Å². The second-order valence-electron chi connectivity index (χ2n) is 8.16. The zero-order valence-electron chi connectivity index (χ0n) is 20.3. The smallest absolute Gasteiger partial charge is 0.270 e. The Morgan fingerprint density at radius 2 is 2.05 bits per heavy atom. The number of nitriles is 1. The number of nitrogens with zero attached hydrogens (tertiary/aromatic N) is 3. The Labute approximate surface area is 224 Å². The number of benzene rings is 3. The highest BCUT2D eigenvalue weighted by atomic mass is 35.5. The number of para-hydroxylation sites is 2.